The van der Waals surface area contributed by atoms with Gasteiger partial charge in [-0.25, -0.2) is 9.97 Å². The van der Waals surface area contributed by atoms with E-state index in [-0.39, 0.29) is 24.7 Å². The second-order valence-corrected chi connectivity index (χ2v) is 10.2. The maximum Gasteiger partial charge on any atom is 0.270 e. The molecule has 0 saturated heterocycles. The van der Waals surface area contributed by atoms with Gasteiger partial charge < -0.3 is 29.9 Å². The van der Waals surface area contributed by atoms with Gasteiger partial charge in [-0.15, -0.1) is 0 Å². The molecule has 6 bridgehead atoms. The molecule has 6 heterocycles. The van der Waals surface area contributed by atoms with Crippen molar-refractivity contribution in [3.05, 3.63) is 60.4 Å². The van der Waals surface area contributed by atoms with Gasteiger partial charge in [-0.3, -0.25) is 9.78 Å². The number of ether oxygens (including phenoxy) is 1. The van der Waals surface area contributed by atoms with Crippen LogP contribution in [-0.2, 0) is 0 Å². The van der Waals surface area contributed by atoms with Crippen LogP contribution in [0.1, 0.15) is 36.2 Å². The molecule has 5 aliphatic rings. The van der Waals surface area contributed by atoms with Crippen LogP contribution in [0.4, 0.5) is 11.4 Å². The zero-order chi connectivity index (χ0) is 26.1. The van der Waals surface area contributed by atoms with Gasteiger partial charge >= 0.3 is 0 Å². The van der Waals surface area contributed by atoms with E-state index in [1.54, 1.807) is 24.7 Å². The summed E-state index contributed by atoms with van der Waals surface area (Å²) in [5.74, 6) is 0.562. The number of hydrogen-bond donors (Lipinski definition) is 2. The number of aromatic nitrogens is 3. The molecule has 0 radical (unpaired) electrons. The first-order valence-corrected chi connectivity index (χ1v) is 13.3. The fourth-order valence-electron chi connectivity index (χ4n) is 5.57. The van der Waals surface area contributed by atoms with Gasteiger partial charge in [0.2, 0.25) is 0 Å². The maximum atomic E-state index is 12.9. The van der Waals surface area contributed by atoms with Crippen molar-refractivity contribution in [1.82, 2.24) is 25.2 Å². The molecule has 1 aromatic carbocycles. The van der Waals surface area contributed by atoms with E-state index in [0.717, 1.165) is 66.9 Å². The van der Waals surface area contributed by atoms with Crippen LogP contribution in [0.3, 0.4) is 0 Å². The number of fused-ring (bicyclic) bond motifs is 3. The zero-order valence-electron chi connectivity index (χ0n) is 21.6. The van der Waals surface area contributed by atoms with Gasteiger partial charge in [0.25, 0.3) is 5.91 Å². The van der Waals surface area contributed by atoms with E-state index in [2.05, 4.69) is 48.2 Å². The first kappa shape index (κ1) is 24.4. The number of amides is 1. The third-order valence-electron chi connectivity index (χ3n) is 7.60. The molecule has 8 rings (SSSR count). The molecule has 0 atom stereocenters. The summed E-state index contributed by atoms with van der Waals surface area (Å²) in [6.45, 7) is 2.65. The van der Waals surface area contributed by atoms with Crippen molar-refractivity contribution in [2.24, 2.45) is 0 Å². The molecule has 0 spiro atoms. The molecule has 1 fully saturated rings. The van der Waals surface area contributed by atoms with Crippen molar-refractivity contribution < 1.29 is 14.6 Å². The Morgan fingerprint density at radius 3 is 2.68 bits per heavy atom. The smallest absolute Gasteiger partial charge is 0.270 e. The molecule has 2 N–H and O–H groups in total. The lowest BCUT2D eigenvalue weighted by atomic mass is 9.92. The minimum Gasteiger partial charge on any atom is -0.488 e. The molecule has 1 saturated carbocycles. The molecule has 4 aliphatic heterocycles. The molecule has 3 aromatic rings. The minimum atomic E-state index is -0.140. The van der Waals surface area contributed by atoms with Crippen LogP contribution in [-0.4, -0.2) is 82.8 Å². The van der Waals surface area contributed by atoms with Gasteiger partial charge in [0, 0.05) is 63.1 Å². The highest BCUT2D eigenvalue weighted by Gasteiger charge is 2.27. The van der Waals surface area contributed by atoms with Crippen molar-refractivity contribution in [2.75, 3.05) is 49.6 Å². The van der Waals surface area contributed by atoms with Crippen LogP contribution in [0, 0.1) is 0 Å². The largest absolute Gasteiger partial charge is 0.488 e. The van der Waals surface area contributed by atoms with Crippen molar-refractivity contribution in [3.8, 4) is 5.75 Å². The number of carbonyl (C=O) groups is 1. The quantitative estimate of drug-likeness (QED) is 0.532. The highest BCUT2D eigenvalue weighted by molar-refractivity contribution is 5.92. The van der Waals surface area contributed by atoms with Gasteiger partial charge in [0.1, 0.15) is 17.0 Å². The van der Waals surface area contributed by atoms with Crippen LogP contribution < -0.4 is 19.9 Å². The molecule has 1 amide bonds. The predicted molar refractivity (Wildman–Crippen MR) is 145 cm³/mol. The van der Waals surface area contributed by atoms with Crippen LogP contribution in [0.15, 0.2) is 54.8 Å². The van der Waals surface area contributed by atoms with E-state index in [1.807, 2.05) is 18.2 Å². The number of pyridine rings is 1. The minimum absolute atomic E-state index is 0.00714. The van der Waals surface area contributed by atoms with Crippen molar-refractivity contribution in [1.29, 1.82) is 0 Å². The number of aliphatic hydroxyl groups is 1. The second-order valence-electron chi connectivity index (χ2n) is 10.2. The van der Waals surface area contributed by atoms with Gasteiger partial charge in [-0.2, -0.15) is 0 Å². The monoisotopic (exact) mass is 515 g/mol. The number of likely N-dealkylation sites (N-methyl/N-ethyl adjacent to an activating group) is 1. The van der Waals surface area contributed by atoms with Gasteiger partial charge in [-0.1, -0.05) is 0 Å². The second kappa shape index (κ2) is 10.4. The lowest BCUT2D eigenvalue weighted by molar-refractivity contribution is 0.0890. The third kappa shape index (κ3) is 4.96. The lowest BCUT2D eigenvalue weighted by Crippen LogP contribution is -2.42. The summed E-state index contributed by atoms with van der Waals surface area (Å²) in [4.78, 5) is 33.1. The molecule has 10 heteroatoms. The fraction of sp³-hybridized carbons (Fsp3) is 0.429. The normalized spacial score (nSPS) is 21.9. The average molecular weight is 516 g/mol. The summed E-state index contributed by atoms with van der Waals surface area (Å²) in [5, 5.41) is 13.2. The van der Waals surface area contributed by atoms with E-state index in [4.69, 9.17) is 4.74 Å². The maximum absolute atomic E-state index is 12.9. The molecule has 198 valence electrons. The number of carbonyl (C=O) groups excluding carboxylic acids is 1. The van der Waals surface area contributed by atoms with Crippen LogP contribution in [0.2, 0.25) is 0 Å². The molecule has 2 aromatic heterocycles. The first-order chi connectivity index (χ1) is 18.6. The topological polar surface area (TPSA) is 107 Å². The van der Waals surface area contributed by atoms with Crippen molar-refractivity contribution in [2.45, 2.75) is 37.8 Å². The number of rotatable bonds is 2. The lowest BCUT2D eigenvalue weighted by Gasteiger charge is -2.38. The average Bonchev–Trinajstić information content (AvgIpc) is 2.93. The Balaban J connectivity index is 1.44. The standard InChI is InChI=1S/C28H33N7O3/c1-33-10-11-35-20-4-7-24(31-16-20)28(37)32-19-2-5-23(6-3-19)38-26-15-21(14-25-27(26)30-9-8-29-25)34(12-13-36)18-22(35)17-33/h4,7-9,14-17,19,23,36H,2-3,5-6,10-13,18H2,1H3,(H,32,37)/t19-,23+. The summed E-state index contributed by atoms with van der Waals surface area (Å²) < 4.78 is 6.55. The molecule has 0 unspecified atom stereocenters. The highest BCUT2D eigenvalue weighted by atomic mass is 16.5. The molecular weight excluding hydrogens is 482 g/mol. The molecular formula is C28H33N7O3. The Labute approximate surface area is 221 Å². The Morgan fingerprint density at radius 2 is 1.89 bits per heavy atom. The van der Waals surface area contributed by atoms with E-state index >= 15 is 0 Å². The molecule has 1 aliphatic carbocycles. The zero-order valence-corrected chi connectivity index (χ0v) is 21.6. The Kier molecular flexibility index (Phi) is 6.71. The SMILES string of the molecule is CN1C=C2CN(CCO)c3cc(c4nccnc4c3)O[C@H]3CC[C@H](CC3)NC(=O)c3ccc(cn3)N2CC1. The third-order valence-corrected chi connectivity index (χ3v) is 7.60. The van der Waals surface area contributed by atoms with Crippen molar-refractivity contribution >= 4 is 28.3 Å². The van der Waals surface area contributed by atoms with Crippen LogP contribution in [0.25, 0.3) is 11.0 Å². The fourth-order valence-corrected chi connectivity index (χ4v) is 5.57. The van der Waals surface area contributed by atoms with E-state index in [9.17, 15) is 9.90 Å². The van der Waals surface area contributed by atoms with E-state index in [0.29, 0.717) is 24.5 Å². The van der Waals surface area contributed by atoms with Crippen LogP contribution in [0.5, 0.6) is 5.75 Å². The van der Waals surface area contributed by atoms with Gasteiger partial charge in [-0.05, 0) is 43.9 Å². The Hall–Kier alpha value is -3.92. The Morgan fingerprint density at radius 1 is 1.05 bits per heavy atom. The van der Waals surface area contributed by atoms with Gasteiger partial charge in [0.05, 0.1) is 42.4 Å². The summed E-state index contributed by atoms with van der Waals surface area (Å²) >= 11 is 0. The predicted octanol–water partition coefficient (Wildman–Crippen LogP) is 2.55. The highest BCUT2D eigenvalue weighted by Crippen LogP contribution is 2.34. The number of benzene rings is 1. The Bertz CT molecular complexity index is 1340. The summed E-state index contributed by atoms with van der Waals surface area (Å²) in [5.41, 5.74) is 4.83. The summed E-state index contributed by atoms with van der Waals surface area (Å²) in [7, 11) is 2.06. The number of nitrogens with zero attached hydrogens (tertiary/aromatic N) is 6. The van der Waals surface area contributed by atoms with Crippen molar-refractivity contribution in [3.63, 3.8) is 0 Å². The number of anilines is 2. The van der Waals surface area contributed by atoms with E-state index in [1.165, 1.54) is 0 Å². The summed E-state index contributed by atoms with van der Waals surface area (Å²) in [6.07, 6.45) is 10.6. The molecule has 10 nitrogen and oxygen atoms in total. The number of hydrogen-bond acceptors (Lipinski definition) is 9. The first-order valence-electron chi connectivity index (χ1n) is 13.3. The summed E-state index contributed by atoms with van der Waals surface area (Å²) in [6, 6.07) is 7.91. The van der Waals surface area contributed by atoms with Gasteiger partial charge in [0.15, 0.2) is 0 Å². The molecule has 38 heavy (non-hydrogen) atoms. The number of aliphatic hydroxyl groups excluding tert-OH is 1. The van der Waals surface area contributed by atoms with E-state index < -0.39 is 0 Å². The van der Waals surface area contributed by atoms with Crippen LogP contribution >= 0.6 is 0 Å². The number of nitrogens with one attached hydrogen (secondary N) is 1.